The molecule has 1 N–H and O–H groups in total. The van der Waals surface area contributed by atoms with Crippen LogP contribution in [0.25, 0.3) is 10.6 Å². The van der Waals surface area contributed by atoms with Gasteiger partial charge in [-0.2, -0.15) is 0 Å². The topological polar surface area (TPSA) is 83.6 Å². The van der Waals surface area contributed by atoms with Crippen molar-refractivity contribution < 1.29 is 19.1 Å². The molecule has 0 spiro atoms. The number of carbonyl (C=O) groups is 2. The maximum atomic E-state index is 12.3. The monoisotopic (exact) mass is 320 g/mol. The third-order valence-corrected chi connectivity index (χ3v) is 4.93. The Hall–Kier alpha value is -2.15. The van der Waals surface area contributed by atoms with Gasteiger partial charge in [-0.15, -0.1) is 11.3 Å². The Morgan fingerprint density at radius 1 is 1.55 bits per heavy atom. The van der Waals surface area contributed by atoms with Crippen molar-refractivity contribution >= 4 is 23.2 Å². The molecule has 2 aromatic heterocycles. The Bertz CT molecular complexity index is 694. The van der Waals surface area contributed by atoms with E-state index < -0.39 is 11.4 Å². The van der Waals surface area contributed by atoms with Crippen molar-refractivity contribution in [2.24, 2.45) is 5.41 Å². The van der Waals surface area contributed by atoms with E-state index in [4.69, 9.17) is 4.42 Å². The van der Waals surface area contributed by atoms with Crippen molar-refractivity contribution in [3.63, 3.8) is 0 Å². The van der Waals surface area contributed by atoms with Gasteiger partial charge in [0, 0.05) is 24.0 Å². The molecule has 0 aromatic carbocycles. The van der Waals surface area contributed by atoms with Crippen LogP contribution < -0.4 is 0 Å². The number of thiazole rings is 1. The summed E-state index contributed by atoms with van der Waals surface area (Å²) in [6, 6.07) is 1.82. The molecule has 6 nitrogen and oxygen atoms in total. The Labute approximate surface area is 131 Å². The van der Waals surface area contributed by atoms with Crippen molar-refractivity contribution in [1.29, 1.82) is 0 Å². The summed E-state index contributed by atoms with van der Waals surface area (Å²) in [5.41, 5.74) is 0.762. The molecule has 7 heteroatoms. The van der Waals surface area contributed by atoms with Crippen LogP contribution in [0.2, 0.25) is 0 Å². The van der Waals surface area contributed by atoms with Gasteiger partial charge in [-0.1, -0.05) is 0 Å². The van der Waals surface area contributed by atoms with Crippen LogP contribution in [0, 0.1) is 5.41 Å². The van der Waals surface area contributed by atoms with E-state index >= 15 is 0 Å². The lowest BCUT2D eigenvalue weighted by Crippen LogP contribution is -2.35. The molecule has 3 rings (SSSR count). The average molecular weight is 320 g/mol. The molecule has 2 aromatic rings. The van der Waals surface area contributed by atoms with E-state index in [2.05, 4.69) is 4.98 Å². The summed E-state index contributed by atoms with van der Waals surface area (Å²) in [5, 5.41) is 11.9. The molecule has 0 aliphatic carbocycles. The molecule has 3 heterocycles. The Kier molecular flexibility index (Phi) is 3.74. The first-order chi connectivity index (χ1) is 10.5. The normalized spacial score (nSPS) is 21.2. The first-order valence-corrected chi connectivity index (χ1v) is 7.84. The second-order valence-corrected chi connectivity index (χ2v) is 6.62. The molecule has 1 aliphatic heterocycles. The highest BCUT2D eigenvalue weighted by atomic mass is 32.1. The van der Waals surface area contributed by atoms with Crippen LogP contribution in [0.5, 0.6) is 0 Å². The molecule has 1 fully saturated rings. The lowest BCUT2D eigenvalue weighted by Gasteiger charge is -2.19. The first-order valence-electron chi connectivity index (χ1n) is 6.96. The predicted molar refractivity (Wildman–Crippen MR) is 80.5 cm³/mol. The van der Waals surface area contributed by atoms with Gasteiger partial charge in [0.15, 0.2) is 0 Å². The Balaban J connectivity index is 1.65. The number of furan rings is 1. The van der Waals surface area contributed by atoms with Crippen molar-refractivity contribution in [2.45, 2.75) is 19.8 Å². The highest BCUT2D eigenvalue weighted by Gasteiger charge is 2.42. The van der Waals surface area contributed by atoms with Gasteiger partial charge in [-0.25, -0.2) is 4.98 Å². The summed E-state index contributed by atoms with van der Waals surface area (Å²) in [5.74, 6) is -0.923. The molecule has 0 saturated carbocycles. The number of rotatable bonds is 4. The number of hydrogen-bond acceptors (Lipinski definition) is 5. The molecule has 116 valence electrons. The van der Waals surface area contributed by atoms with Crippen molar-refractivity contribution in [3.05, 3.63) is 29.7 Å². The fourth-order valence-corrected chi connectivity index (χ4v) is 3.33. The molecule has 1 atom stereocenters. The van der Waals surface area contributed by atoms with Gasteiger partial charge in [0.1, 0.15) is 11.3 Å². The number of aromatic nitrogens is 1. The van der Waals surface area contributed by atoms with E-state index in [0.29, 0.717) is 18.7 Å². The number of nitrogens with zero attached hydrogens (tertiary/aromatic N) is 2. The molecule has 22 heavy (non-hydrogen) atoms. The van der Waals surface area contributed by atoms with E-state index in [0.717, 1.165) is 10.6 Å². The Morgan fingerprint density at radius 2 is 2.36 bits per heavy atom. The molecule has 0 radical (unpaired) electrons. The van der Waals surface area contributed by atoms with Crippen LogP contribution in [0.3, 0.4) is 0 Å². The summed E-state index contributed by atoms with van der Waals surface area (Å²) >= 11 is 1.46. The number of hydrogen-bond donors (Lipinski definition) is 1. The largest absolute Gasteiger partial charge is 0.481 e. The van der Waals surface area contributed by atoms with Crippen molar-refractivity contribution in [1.82, 2.24) is 9.88 Å². The van der Waals surface area contributed by atoms with Crippen molar-refractivity contribution in [2.75, 3.05) is 13.1 Å². The second kappa shape index (κ2) is 5.57. The fourth-order valence-electron chi connectivity index (χ4n) is 2.52. The second-order valence-electron chi connectivity index (χ2n) is 5.76. The highest BCUT2D eigenvalue weighted by Crippen LogP contribution is 2.31. The van der Waals surface area contributed by atoms with Crippen molar-refractivity contribution in [3.8, 4) is 10.6 Å². The van der Waals surface area contributed by atoms with E-state index in [1.54, 1.807) is 24.3 Å². The van der Waals surface area contributed by atoms with E-state index in [9.17, 15) is 14.7 Å². The van der Waals surface area contributed by atoms with E-state index in [1.807, 2.05) is 11.4 Å². The van der Waals surface area contributed by atoms with Gasteiger partial charge in [-0.3, -0.25) is 9.59 Å². The molecular weight excluding hydrogens is 304 g/mol. The first kappa shape index (κ1) is 14.8. The number of carbonyl (C=O) groups excluding carboxylic acids is 1. The number of likely N-dealkylation sites (tertiary alicyclic amines) is 1. The SMILES string of the molecule is C[C@]1(C(=O)O)CCN(C(=O)Cc2csc(-c3ccoc3)n2)C1. The minimum atomic E-state index is -0.848. The molecule has 1 aliphatic rings. The summed E-state index contributed by atoms with van der Waals surface area (Å²) in [4.78, 5) is 29.6. The predicted octanol–water partition coefficient (Wildman–Crippen LogP) is 2.27. The lowest BCUT2D eigenvalue weighted by molar-refractivity contribution is -0.147. The molecular formula is C15H16N2O4S. The third kappa shape index (κ3) is 2.76. The van der Waals surface area contributed by atoms with Gasteiger partial charge < -0.3 is 14.4 Å². The van der Waals surface area contributed by atoms with Gasteiger partial charge in [-0.05, 0) is 19.4 Å². The number of carboxylic acid groups (broad SMARTS) is 1. The molecule has 0 unspecified atom stereocenters. The zero-order valence-corrected chi connectivity index (χ0v) is 12.9. The van der Waals surface area contributed by atoms with Gasteiger partial charge in [0.2, 0.25) is 5.91 Å². The quantitative estimate of drug-likeness (QED) is 0.934. The zero-order chi connectivity index (χ0) is 15.7. The smallest absolute Gasteiger partial charge is 0.311 e. The summed E-state index contributed by atoms with van der Waals surface area (Å²) in [7, 11) is 0. The number of aliphatic carboxylic acids is 1. The van der Waals surface area contributed by atoms with Gasteiger partial charge >= 0.3 is 5.97 Å². The van der Waals surface area contributed by atoms with Crippen LogP contribution in [0.15, 0.2) is 28.4 Å². The minimum absolute atomic E-state index is 0.0750. The standard InChI is InChI=1S/C15H16N2O4S/c1-15(14(19)20)3-4-17(9-15)12(18)6-11-8-22-13(16-11)10-2-5-21-7-10/h2,5,7-8H,3-4,6,9H2,1H3,(H,19,20)/t15-/m0/s1. The lowest BCUT2D eigenvalue weighted by atomic mass is 9.90. The van der Waals surface area contributed by atoms with Crippen LogP contribution >= 0.6 is 11.3 Å². The summed E-state index contributed by atoms with van der Waals surface area (Å²) < 4.78 is 5.02. The Morgan fingerprint density at radius 3 is 3.00 bits per heavy atom. The van der Waals surface area contributed by atoms with Crippen LogP contribution in [-0.4, -0.2) is 40.0 Å². The van der Waals surface area contributed by atoms with Gasteiger partial charge in [0.25, 0.3) is 0 Å². The third-order valence-electron chi connectivity index (χ3n) is 3.99. The van der Waals surface area contributed by atoms with E-state index in [-0.39, 0.29) is 18.9 Å². The minimum Gasteiger partial charge on any atom is -0.481 e. The molecule has 1 saturated heterocycles. The molecule has 0 bridgehead atoms. The number of carboxylic acids is 1. The van der Waals surface area contributed by atoms with Crippen LogP contribution in [0.4, 0.5) is 0 Å². The maximum Gasteiger partial charge on any atom is 0.311 e. The number of amides is 1. The molecule has 1 amide bonds. The fraction of sp³-hybridized carbons (Fsp3) is 0.400. The van der Waals surface area contributed by atoms with Gasteiger partial charge in [0.05, 0.1) is 23.8 Å². The summed E-state index contributed by atoms with van der Waals surface area (Å²) in [6.07, 6.45) is 3.89. The van der Waals surface area contributed by atoms with Crippen LogP contribution in [0.1, 0.15) is 19.0 Å². The average Bonchev–Trinajstić information content (AvgIpc) is 3.17. The van der Waals surface area contributed by atoms with Crippen LogP contribution in [-0.2, 0) is 16.0 Å². The summed E-state index contributed by atoms with van der Waals surface area (Å²) in [6.45, 7) is 2.43. The highest BCUT2D eigenvalue weighted by molar-refractivity contribution is 7.13. The van der Waals surface area contributed by atoms with E-state index in [1.165, 1.54) is 11.3 Å². The zero-order valence-electron chi connectivity index (χ0n) is 12.1. The maximum absolute atomic E-state index is 12.3.